The normalized spacial score (nSPS) is 14.0. The van der Waals surface area contributed by atoms with Gasteiger partial charge in [-0.3, -0.25) is 0 Å². The molecule has 12 aromatic rings. The van der Waals surface area contributed by atoms with Crippen molar-refractivity contribution in [2.75, 3.05) is 9.80 Å². The van der Waals surface area contributed by atoms with Crippen molar-refractivity contribution in [1.29, 1.82) is 0 Å². The van der Waals surface area contributed by atoms with Crippen molar-refractivity contribution in [3.05, 3.63) is 253 Å². The van der Waals surface area contributed by atoms with Gasteiger partial charge in [-0.05, 0) is 101 Å². The van der Waals surface area contributed by atoms with E-state index in [-0.39, 0.29) is 65.9 Å². The Bertz CT molecular complexity index is 4650. The predicted molar refractivity (Wildman–Crippen MR) is 318 cm³/mol. The van der Waals surface area contributed by atoms with E-state index >= 15 is 0 Å². The van der Waals surface area contributed by atoms with Crippen molar-refractivity contribution in [1.82, 2.24) is 24.5 Å². The van der Waals surface area contributed by atoms with E-state index in [1.54, 1.807) is 31.5 Å². The van der Waals surface area contributed by atoms with Gasteiger partial charge in [-0.25, -0.2) is 19.9 Å². The van der Waals surface area contributed by atoms with Crippen molar-refractivity contribution in [2.24, 2.45) is 0 Å². The summed E-state index contributed by atoms with van der Waals surface area (Å²) in [5.74, 6) is 2.46. The molecule has 0 radical (unpaired) electrons. The Kier molecular flexibility index (Phi) is 10.6. The molecule has 0 fully saturated rings. The molecule has 79 heavy (non-hydrogen) atoms. The van der Waals surface area contributed by atoms with Crippen LogP contribution < -0.4 is 14.5 Å². The summed E-state index contributed by atoms with van der Waals surface area (Å²) in [5.41, 5.74) is 8.40. The molecule has 1 aliphatic heterocycles. The first-order chi connectivity index (χ1) is 42.2. The van der Waals surface area contributed by atoms with Crippen LogP contribution in [0.25, 0.3) is 84.0 Å². The average Bonchev–Trinajstić information content (AvgIpc) is 1.89. The van der Waals surface area contributed by atoms with E-state index in [1.165, 1.54) is 0 Å². The van der Waals surface area contributed by atoms with Crippen molar-refractivity contribution in [3.8, 4) is 73.7 Å². The van der Waals surface area contributed by atoms with Gasteiger partial charge >= 0.3 is 0 Å². The van der Waals surface area contributed by atoms with Crippen LogP contribution in [0.5, 0.6) is 11.5 Å². The zero-order valence-corrected chi connectivity index (χ0v) is 46.1. The van der Waals surface area contributed by atoms with E-state index in [0.29, 0.717) is 68.1 Å². The van der Waals surface area contributed by atoms with Gasteiger partial charge in [0.15, 0.2) is 11.6 Å². The number of nitrogens with zero attached hydrogens (tertiary/aromatic N) is 7. The number of benzene rings is 9. The molecule has 3 aromatic heterocycles. The fourth-order valence-electron chi connectivity index (χ4n) is 10.3. The van der Waals surface area contributed by atoms with E-state index < -0.39 is 60.4 Å². The van der Waals surface area contributed by atoms with Gasteiger partial charge in [0.25, 0.3) is 0 Å². The molecule has 388 valence electrons. The molecule has 4 heterocycles. The maximum absolute atomic E-state index is 9.37. The zero-order valence-electron chi connectivity index (χ0n) is 53.9. The SMILES string of the molecule is [2H]c1c([2H])c([2H])c(-c2c(C)c(C)c(C)c(-c3c([2H])c([2H])c([2H])c([2H])c3[2H])c2N2[CH-]N(c3[c-]c(Oc4[c-]c5c(cc4-c4nc(-c6ccccc6)nc(-c6ccccc6)n4)c4ccccc4n5-c4cc(C(C)(C)C)ccn4)ccc3)c3ccccc32)c([2H])c1[2H].[Pt]. The molecule has 0 bridgehead atoms. The zero-order chi connectivity index (χ0) is 61.8. The van der Waals surface area contributed by atoms with Crippen LogP contribution in [0.4, 0.5) is 22.7 Å². The van der Waals surface area contributed by atoms with E-state index in [9.17, 15) is 5.48 Å². The van der Waals surface area contributed by atoms with E-state index in [4.69, 9.17) is 32.9 Å². The molecule has 9 heteroatoms. The van der Waals surface area contributed by atoms with Crippen molar-refractivity contribution >= 4 is 44.6 Å². The number of para-hydroxylation sites is 3. The third-order valence-electron chi connectivity index (χ3n) is 14.4. The summed E-state index contributed by atoms with van der Waals surface area (Å²) in [6.07, 6.45) is 1.83. The first-order valence-electron chi connectivity index (χ1n) is 30.6. The molecule has 9 aromatic carbocycles. The van der Waals surface area contributed by atoms with E-state index in [1.807, 2.05) is 139 Å². The minimum absolute atomic E-state index is 0. The van der Waals surface area contributed by atoms with Gasteiger partial charge in [0, 0.05) is 83.6 Å². The number of pyridine rings is 1. The molecule has 0 N–H and O–H groups in total. The molecule has 0 amide bonds. The molecule has 0 aliphatic carbocycles. The standard InChI is InChI=1S/C70H54N7O.Pt/c1-45-46(2)64(48-24-11-7-12-25-48)66(65(47(45)3)49-26-13-8-14-27-49)76-44-75(59-36-21-22-37-60(59)76)53-32-23-33-54(41-53)78-62-43-61-56(55-34-19-20-35-58(55)77(61)63-40-52(38-39-71-63)70(4,5)6)42-57(62)69-73-67(50-28-15-9-16-29-50)72-68(74-69)51-30-17-10-18-31-51;/h7-40,42,44H,1-6H3;/q-3;/i7D,8D,11D,12D,13D,14D,24D,25D,26D,27D;. The number of ether oxygens (including phenoxy) is 1. The summed E-state index contributed by atoms with van der Waals surface area (Å²) in [5, 5.41) is 1.78. The van der Waals surface area contributed by atoms with Gasteiger partial charge in [0.1, 0.15) is 11.6 Å². The second-order valence-electron chi connectivity index (χ2n) is 20.1. The first-order valence-corrected chi connectivity index (χ1v) is 25.6. The summed E-state index contributed by atoms with van der Waals surface area (Å²) < 4.78 is 99.3. The predicted octanol–water partition coefficient (Wildman–Crippen LogP) is 17.7. The van der Waals surface area contributed by atoms with Crippen molar-refractivity contribution < 1.29 is 39.5 Å². The number of anilines is 4. The second-order valence-corrected chi connectivity index (χ2v) is 20.1. The van der Waals surface area contributed by atoms with Gasteiger partial charge < -0.3 is 19.1 Å². The number of fused-ring (bicyclic) bond motifs is 4. The molecular weight excluding hydrogens is 1150 g/mol. The maximum Gasteiger partial charge on any atom is 0.162 e. The molecule has 8 nitrogen and oxygen atoms in total. The van der Waals surface area contributed by atoms with E-state index in [0.717, 1.165) is 33.0 Å². The molecule has 1 aliphatic rings. The Hall–Kier alpha value is -8.97. The minimum atomic E-state index is -0.577. The second kappa shape index (κ2) is 20.8. The fraction of sp³-hybridized carbons (Fsp3) is 0.100. The van der Waals surface area contributed by atoms with Crippen LogP contribution in [0.3, 0.4) is 0 Å². The van der Waals surface area contributed by atoms with Gasteiger partial charge in [-0.15, -0.1) is 48.1 Å². The average molecular weight is 1210 g/mol. The summed E-state index contributed by atoms with van der Waals surface area (Å²) in [6.45, 7) is 13.7. The molecule has 0 saturated carbocycles. The Balaban J connectivity index is 0.00000769. The molecule has 0 spiro atoms. The summed E-state index contributed by atoms with van der Waals surface area (Å²) >= 11 is 0. The third-order valence-corrected chi connectivity index (χ3v) is 14.4. The molecule has 0 saturated heterocycles. The Morgan fingerprint density at radius 1 is 0.544 bits per heavy atom. The summed E-state index contributed by atoms with van der Waals surface area (Å²) in [6, 6.07) is 48.7. The van der Waals surface area contributed by atoms with E-state index in [2.05, 4.69) is 55.7 Å². The van der Waals surface area contributed by atoms with Gasteiger partial charge in [0.05, 0.1) is 13.7 Å². The number of hydrogen-bond acceptors (Lipinski definition) is 7. The summed E-state index contributed by atoms with van der Waals surface area (Å²) in [7, 11) is 0. The number of rotatable bonds is 10. The minimum Gasteiger partial charge on any atom is -0.508 e. The smallest absolute Gasteiger partial charge is 0.162 e. The number of aromatic nitrogens is 5. The topological polar surface area (TPSA) is 72.2 Å². The molecule has 0 atom stereocenters. The third kappa shape index (κ3) is 9.26. The first kappa shape index (κ1) is 40.3. The fourth-order valence-corrected chi connectivity index (χ4v) is 10.3. The van der Waals surface area contributed by atoms with Crippen LogP contribution in [0.2, 0.25) is 0 Å². The molecule has 13 rings (SSSR count). The van der Waals surface area contributed by atoms with Crippen LogP contribution >= 0.6 is 0 Å². The van der Waals surface area contributed by atoms with Crippen molar-refractivity contribution in [2.45, 2.75) is 47.0 Å². The monoisotopic (exact) mass is 1210 g/mol. The van der Waals surface area contributed by atoms with Crippen LogP contribution in [-0.2, 0) is 26.5 Å². The Morgan fingerprint density at radius 3 is 1.73 bits per heavy atom. The van der Waals surface area contributed by atoms with Gasteiger partial charge in [0.2, 0.25) is 0 Å². The van der Waals surface area contributed by atoms with Crippen molar-refractivity contribution in [3.63, 3.8) is 0 Å². The Labute approximate surface area is 490 Å². The van der Waals surface area contributed by atoms with Crippen LogP contribution in [0.1, 0.15) is 56.7 Å². The van der Waals surface area contributed by atoms with Crippen LogP contribution in [-0.4, -0.2) is 24.5 Å². The maximum atomic E-state index is 9.37. The molecule has 0 unspecified atom stereocenters. The van der Waals surface area contributed by atoms with Gasteiger partial charge in [-0.2, -0.15) is 6.07 Å². The van der Waals surface area contributed by atoms with Gasteiger partial charge in [-0.1, -0.05) is 178 Å². The molecular formula is C70H54N7OPt-3. The quantitative estimate of drug-likeness (QED) is 0.126. The van der Waals surface area contributed by atoms with Crippen LogP contribution in [0.15, 0.2) is 212 Å². The largest absolute Gasteiger partial charge is 0.508 e. The Morgan fingerprint density at radius 2 is 1.11 bits per heavy atom. The number of hydrogen-bond donors (Lipinski definition) is 0. The summed E-state index contributed by atoms with van der Waals surface area (Å²) in [4.78, 5) is 24.0. The van der Waals surface area contributed by atoms with Crippen LogP contribution in [0, 0.1) is 39.6 Å².